The highest BCUT2D eigenvalue weighted by Crippen LogP contribution is 2.10. The number of carbonyl (C=O) groups excluding carboxylic acids is 1. The number of amides is 1. The Hall–Kier alpha value is -1.82. The lowest BCUT2D eigenvalue weighted by Crippen LogP contribution is -2.51. The molecule has 0 saturated carbocycles. The summed E-state index contributed by atoms with van der Waals surface area (Å²) in [4.78, 5) is 25.3. The van der Waals surface area contributed by atoms with Gasteiger partial charge in [0.1, 0.15) is 0 Å². The van der Waals surface area contributed by atoms with Crippen molar-refractivity contribution < 1.29 is 9.90 Å². The lowest BCUT2D eigenvalue weighted by molar-refractivity contribution is 0.0919. The zero-order valence-electron chi connectivity index (χ0n) is 10.2. The van der Waals surface area contributed by atoms with Gasteiger partial charge in [-0.1, -0.05) is 0 Å². The van der Waals surface area contributed by atoms with Gasteiger partial charge in [-0.05, 0) is 26.3 Å². The molecule has 1 saturated heterocycles. The summed E-state index contributed by atoms with van der Waals surface area (Å²) in [6.07, 6.45) is 1.92. The van der Waals surface area contributed by atoms with Crippen molar-refractivity contribution >= 4 is 5.91 Å². The minimum absolute atomic E-state index is 0.0488. The zero-order chi connectivity index (χ0) is 13.1. The second-order valence-electron chi connectivity index (χ2n) is 4.58. The highest BCUT2D eigenvalue weighted by molar-refractivity contribution is 5.94. The summed E-state index contributed by atoms with van der Waals surface area (Å²) < 4.78 is 0. The molecule has 6 heteroatoms. The van der Waals surface area contributed by atoms with Crippen molar-refractivity contribution in [2.45, 2.75) is 31.8 Å². The van der Waals surface area contributed by atoms with Crippen LogP contribution in [0.5, 0.6) is 5.88 Å². The summed E-state index contributed by atoms with van der Waals surface area (Å²) in [5, 5.41) is 15.4. The highest BCUT2D eigenvalue weighted by atomic mass is 16.3. The number of aromatic hydroxyl groups is 1. The van der Waals surface area contributed by atoms with Gasteiger partial charge in [0.2, 0.25) is 0 Å². The van der Waals surface area contributed by atoms with Crippen molar-refractivity contribution in [1.82, 2.24) is 15.6 Å². The topological polar surface area (TPSA) is 94.2 Å². The third kappa shape index (κ3) is 2.89. The quantitative estimate of drug-likeness (QED) is 0.593. The average Bonchev–Trinajstić information content (AvgIpc) is 2.31. The largest absolute Gasteiger partial charge is 0.494 e. The molecular weight excluding hydrogens is 234 g/mol. The Morgan fingerprint density at radius 2 is 2.28 bits per heavy atom. The van der Waals surface area contributed by atoms with E-state index in [2.05, 4.69) is 15.6 Å². The van der Waals surface area contributed by atoms with E-state index < -0.39 is 5.56 Å². The van der Waals surface area contributed by atoms with Gasteiger partial charge in [0, 0.05) is 24.2 Å². The van der Waals surface area contributed by atoms with E-state index in [4.69, 9.17) is 0 Å². The molecule has 98 valence electrons. The van der Waals surface area contributed by atoms with E-state index in [1.807, 2.05) is 6.92 Å². The van der Waals surface area contributed by atoms with E-state index in [0.717, 1.165) is 19.4 Å². The van der Waals surface area contributed by atoms with Crippen LogP contribution in [0.3, 0.4) is 0 Å². The van der Waals surface area contributed by atoms with Crippen molar-refractivity contribution in [3.63, 3.8) is 0 Å². The molecule has 0 aromatic carbocycles. The molecule has 18 heavy (non-hydrogen) atoms. The van der Waals surface area contributed by atoms with E-state index in [1.165, 1.54) is 12.1 Å². The molecule has 1 aromatic rings. The normalized spacial score (nSPS) is 23.6. The van der Waals surface area contributed by atoms with Crippen LogP contribution >= 0.6 is 0 Å². The second-order valence-corrected chi connectivity index (χ2v) is 4.58. The molecule has 1 aromatic heterocycles. The van der Waals surface area contributed by atoms with E-state index in [1.54, 1.807) is 0 Å². The fourth-order valence-electron chi connectivity index (χ4n) is 2.15. The average molecular weight is 251 g/mol. The Labute approximate surface area is 104 Å². The molecule has 1 aliphatic heterocycles. The number of carbonyl (C=O) groups is 1. The van der Waals surface area contributed by atoms with Crippen LogP contribution in [-0.4, -0.2) is 34.6 Å². The fourth-order valence-corrected chi connectivity index (χ4v) is 2.15. The Balaban J connectivity index is 2.09. The van der Waals surface area contributed by atoms with Crippen LogP contribution in [0.15, 0.2) is 16.9 Å². The van der Waals surface area contributed by atoms with Gasteiger partial charge in [-0.2, -0.15) is 0 Å². The second kappa shape index (κ2) is 5.22. The molecular formula is C12H17N3O3. The number of aromatic amines is 1. The first-order valence-electron chi connectivity index (χ1n) is 6.04. The molecule has 0 bridgehead atoms. The molecule has 4 N–H and O–H groups in total. The zero-order valence-corrected chi connectivity index (χ0v) is 10.2. The SMILES string of the molecule is CC1NCCCC1NC(=O)c1cc(O)[nH]c(=O)c1. The first-order chi connectivity index (χ1) is 8.56. The van der Waals surface area contributed by atoms with Gasteiger partial charge >= 0.3 is 0 Å². The standard InChI is InChI=1S/C12H17N3O3/c1-7-9(3-2-4-13-7)14-12(18)8-5-10(16)15-11(17)6-8/h5-7,9,13H,2-4H2,1H3,(H,14,18)(H2,15,16,17). The minimum atomic E-state index is -0.491. The van der Waals surface area contributed by atoms with E-state index >= 15 is 0 Å². The molecule has 2 rings (SSSR count). The van der Waals surface area contributed by atoms with E-state index in [-0.39, 0.29) is 29.4 Å². The Morgan fingerprint density at radius 3 is 2.94 bits per heavy atom. The first kappa shape index (κ1) is 12.6. The summed E-state index contributed by atoms with van der Waals surface area (Å²) in [5.74, 6) is -0.639. The summed E-state index contributed by atoms with van der Waals surface area (Å²) in [7, 11) is 0. The van der Waals surface area contributed by atoms with Gasteiger partial charge in [0.05, 0.1) is 5.56 Å². The molecule has 0 aliphatic carbocycles. The lowest BCUT2D eigenvalue weighted by atomic mass is 9.99. The predicted molar refractivity (Wildman–Crippen MR) is 66.7 cm³/mol. The number of H-pyrrole nitrogens is 1. The fraction of sp³-hybridized carbons (Fsp3) is 0.500. The first-order valence-corrected chi connectivity index (χ1v) is 6.04. The number of aromatic nitrogens is 1. The van der Waals surface area contributed by atoms with E-state index in [0.29, 0.717) is 0 Å². The number of rotatable bonds is 2. The van der Waals surface area contributed by atoms with Crippen LogP contribution in [0.1, 0.15) is 30.1 Å². The molecule has 2 unspecified atom stereocenters. The number of nitrogens with one attached hydrogen (secondary N) is 3. The molecule has 1 amide bonds. The van der Waals surface area contributed by atoms with Crippen molar-refractivity contribution in [3.05, 3.63) is 28.0 Å². The van der Waals surface area contributed by atoms with E-state index in [9.17, 15) is 14.7 Å². The van der Waals surface area contributed by atoms with Gasteiger partial charge in [0.25, 0.3) is 11.5 Å². The molecule has 0 spiro atoms. The molecule has 0 radical (unpaired) electrons. The summed E-state index contributed by atoms with van der Waals surface area (Å²) in [6.45, 7) is 2.97. The van der Waals surface area contributed by atoms with Crippen molar-refractivity contribution in [1.29, 1.82) is 0 Å². The maximum atomic E-state index is 12.0. The van der Waals surface area contributed by atoms with Gasteiger partial charge in [0.15, 0.2) is 5.88 Å². The Kier molecular flexibility index (Phi) is 3.66. The van der Waals surface area contributed by atoms with Crippen molar-refractivity contribution in [2.75, 3.05) is 6.54 Å². The summed E-state index contributed by atoms with van der Waals surface area (Å²) >= 11 is 0. The number of hydrogen-bond donors (Lipinski definition) is 4. The monoisotopic (exact) mass is 251 g/mol. The van der Waals surface area contributed by atoms with Crippen LogP contribution in [-0.2, 0) is 0 Å². The number of piperidine rings is 1. The maximum absolute atomic E-state index is 12.0. The Bertz CT molecular complexity index is 498. The van der Waals surface area contributed by atoms with Gasteiger partial charge < -0.3 is 15.7 Å². The summed E-state index contributed by atoms with van der Waals surface area (Å²) in [5.41, 5.74) is -0.316. The van der Waals surface area contributed by atoms with Crippen molar-refractivity contribution in [2.24, 2.45) is 0 Å². The van der Waals surface area contributed by atoms with Crippen LogP contribution in [0.2, 0.25) is 0 Å². The highest BCUT2D eigenvalue weighted by Gasteiger charge is 2.23. The Morgan fingerprint density at radius 1 is 1.50 bits per heavy atom. The van der Waals surface area contributed by atoms with Crippen molar-refractivity contribution in [3.8, 4) is 5.88 Å². The lowest BCUT2D eigenvalue weighted by Gasteiger charge is -2.30. The van der Waals surface area contributed by atoms with Gasteiger partial charge in [-0.15, -0.1) is 0 Å². The number of hydrogen-bond acceptors (Lipinski definition) is 4. The maximum Gasteiger partial charge on any atom is 0.251 e. The minimum Gasteiger partial charge on any atom is -0.494 e. The molecule has 1 aliphatic rings. The smallest absolute Gasteiger partial charge is 0.251 e. The van der Waals surface area contributed by atoms with Crippen LogP contribution < -0.4 is 16.2 Å². The van der Waals surface area contributed by atoms with Crippen LogP contribution in [0.25, 0.3) is 0 Å². The predicted octanol–water partition coefficient (Wildman–Crippen LogP) is -0.0492. The van der Waals surface area contributed by atoms with Gasteiger partial charge in [-0.3, -0.25) is 14.6 Å². The van der Waals surface area contributed by atoms with Crippen LogP contribution in [0, 0.1) is 0 Å². The third-order valence-corrected chi connectivity index (χ3v) is 3.17. The summed E-state index contributed by atoms with van der Waals surface area (Å²) in [6, 6.07) is 2.68. The molecule has 6 nitrogen and oxygen atoms in total. The van der Waals surface area contributed by atoms with Crippen LogP contribution in [0.4, 0.5) is 0 Å². The molecule has 2 atom stereocenters. The molecule has 2 heterocycles. The third-order valence-electron chi connectivity index (χ3n) is 3.17. The number of pyridine rings is 1. The van der Waals surface area contributed by atoms with Gasteiger partial charge in [-0.25, -0.2) is 0 Å². The molecule has 1 fully saturated rings.